The highest BCUT2D eigenvalue weighted by Crippen LogP contribution is 2.31. The summed E-state index contributed by atoms with van der Waals surface area (Å²) in [6, 6.07) is 3.81. The lowest BCUT2D eigenvalue weighted by Gasteiger charge is -2.20. The Morgan fingerprint density at radius 2 is 2.50 bits per heavy atom. The van der Waals surface area contributed by atoms with Gasteiger partial charge in [-0.3, -0.25) is 0 Å². The van der Waals surface area contributed by atoms with Crippen molar-refractivity contribution in [3.63, 3.8) is 0 Å². The van der Waals surface area contributed by atoms with Crippen molar-refractivity contribution in [2.45, 2.75) is 11.4 Å². The van der Waals surface area contributed by atoms with Gasteiger partial charge in [-0.25, -0.2) is 0 Å². The molecular formula is C8H13NOS2. The third-order valence-corrected chi connectivity index (χ3v) is 3.28. The molecule has 0 fully saturated rings. The average Bonchev–Trinajstić information content (AvgIpc) is 2.53. The maximum absolute atomic E-state index is 9.84. The summed E-state index contributed by atoms with van der Waals surface area (Å²) in [6.07, 6.45) is 0.618. The van der Waals surface area contributed by atoms with Crippen LogP contribution in [0.25, 0.3) is 0 Å². The minimum Gasteiger partial charge on any atom is -0.375 e. The zero-order chi connectivity index (χ0) is 9.03. The van der Waals surface area contributed by atoms with Crippen LogP contribution in [0.2, 0.25) is 0 Å². The van der Waals surface area contributed by atoms with Crippen LogP contribution < -0.4 is 5.32 Å². The lowest BCUT2D eigenvalue weighted by Crippen LogP contribution is -2.22. The number of hydrogen-bond acceptors (Lipinski definition) is 4. The summed E-state index contributed by atoms with van der Waals surface area (Å²) in [5.41, 5.74) is 0. The highest BCUT2D eigenvalue weighted by Gasteiger charge is 2.24. The number of thiol groups is 1. The molecule has 0 spiro atoms. The number of rotatable bonds is 4. The first kappa shape index (κ1) is 10.1. The summed E-state index contributed by atoms with van der Waals surface area (Å²) in [6.45, 7) is 0.762. The van der Waals surface area contributed by atoms with Crippen molar-refractivity contribution in [2.75, 3.05) is 13.6 Å². The van der Waals surface area contributed by atoms with E-state index in [1.165, 1.54) is 11.3 Å². The summed E-state index contributed by atoms with van der Waals surface area (Å²) < 4.78 is 0. The molecular weight excluding hydrogens is 190 g/mol. The van der Waals surface area contributed by atoms with E-state index in [2.05, 4.69) is 17.9 Å². The van der Waals surface area contributed by atoms with Crippen LogP contribution in [0.15, 0.2) is 17.5 Å². The van der Waals surface area contributed by atoms with Crippen molar-refractivity contribution in [1.29, 1.82) is 0 Å². The van der Waals surface area contributed by atoms with Crippen molar-refractivity contribution in [3.05, 3.63) is 22.4 Å². The molecule has 0 bridgehead atoms. The normalized spacial score (nSPS) is 15.9. The Kier molecular flexibility index (Phi) is 3.58. The quantitative estimate of drug-likeness (QED) is 0.511. The molecule has 1 aromatic rings. The molecule has 0 amide bonds. The van der Waals surface area contributed by atoms with Crippen molar-refractivity contribution >= 4 is 24.0 Å². The Hall–Kier alpha value is -0.0300. The summed E-state index contributed by atoms with van der Waals surface area (Å²) in [4.78, 5) is -0.0712. The van der Waals surface area contributed by atoms with Gasteiger partial charge in [0, 0.05) is 11.3 Å². The van der Waals surface area contributed by atoms with Gasteiger partial charge in [0.05, 0.1) is 0 Å². The molecule has 0 aliphatic carbocycles. The first-order valence-corrected chi connectivity index (χ1v) is 5.13. The molecule has 4 heteroatoms. The van der Waals surface area contributed by atoms with Crippen LogP contribution in [-0.4, -0.2) is 18.7 Å². The fourth-order valence-electron chi connectivity index (χ4n) is 0.929. The van der Waals surface area contributed by atoms with Gasteiger partial charge in [0.2, 0.25) is 0 Å². The summed E-state index contributed by atoms with van der Waals surface area (Å²) >= 11 is 5.73. The van der Waals surface area contributed by atoms with Gasteiger partial charge in [-0.05, 0) is 25.0 Å². The molecule has 1 aromatic heterocycles. The number of hydrogen-bond donors (Lipinski definition) is 3. The fourth-order valence-corrected chi connectivity index (χ4v) is 2.03. The van der Waals surface area contributed by atoms with Crippen molar-refractivity contribution < 1.29 is 5.11 Å². The number of aliphatic hydroxyl groups is 1. The molecule has 12 heavy (non-hydrogen) atoms. The summed E-state index contributed by atoms with van der Waals surface area (Å²) in [7, 11) is 1.86. The molecule has 2 N–H and O–H groups in total. The standard InChI is InChI=1S/C8H13NOS2/c1-9-5-4-8(10,11)7-3-2-6-12-7/h2-3,6,9-11H,4-5H2,1H3/t8-/m0/s1. The van der Waals surface area contributed by atoms with Crippen LogP contribution in [-0.2, 0) is 4.93 Å². The highest BCUT2D eigenvalue weighted by molar-refractivity contribution is 7.81. The van der Waals surface area contributed by atoms with Gasteiger partial charge in [0.25, 0.3) is 0 Å². The molecule has 0 saturated carbocycles. The zero-order valence-electron chi connectivity index (χ0n) is 6.95. The van der Waals surface area contributed by atoms with E-state index in [-0.39, 0.29) is 0 Å². The topological polar surface area (TPSA) is 32.3 Å². The molecule has 2 nitrogen and oxygen atoms in total. The number of thiophene rings is 1. The van der Waals surface area contributed by atoms with Crippen LogP contribution in [0.5, 0.6) is 0 Å². The van der Waals surface area contributed by atoms with E-state index in [9.17, 15) is 5.11 Å². The van der Waals surface area contributed by atoms with Gasteiger partial charge in [-0.1, -0.05) is 6.07 Å². The predicted molar refractivity (Wildman–Crippen MR) is 55.7 cm³/mol. The largest absolute Gasteiger partial charge is 0.375 e. The number of nitrogens with one attached hydrogen (secondary N) is 1. The second kappa shape index (κ2) is 4.28. The minimum absolute atomic E-state index is 0.618. The van der Waals surface area contributed by atoms with Gasteiger partial charge in [-0.15, -0.1) is 24.0 Å². The zero-order valence-corrected chi connectivity index (χ0v) is 8.66. The van der Waals surface area contributed by atoms with E-state index in [0.717, 1.165) is 11.4 Å². The van der Waals surface area contributed by atoms with E-state index in [4.69, 9.17) is 0 Å². The smallest absolute Gasteiger partial charge is 0.143 e. The SMILES string of the molecule is CNCC[C@](O)(S)c1cccs1. The summed E-state index contributed by atoms with van der Waals surface area (Å²) in [5, 5.41) is 14.8. The van der Waals surface area contributed by atoms with Crippen LogP contribution in [0.3, 0.4) is 0 Å². The van der Waals surface area contributed by atoms with Crippen molar-refractivity contribution in [2.24, 2.45) is 0 Å². The molecule has 0 unspecified atom stereocenters. The molecule has 1 heterocycles. The third kappa shape index (κ3) is 2.48. The van der Waals surface area contributed by atoms with Crippen molar-refractivity contribution in [3.8, 4) is 0 Å². The molecule has 0 aliphatic rings. The van der Waals surface area contributed by atoms with Crippen LogP contribution in [0.4, 0.5) is 0 Å². The molecule has 0 saturated heterocycles. The fraction of sp³-hybridized carbons (Fsp3) is 0.500. The minimum atomic E-state index is -0.975. The van der Waals surface area contributed by atoms with Gasteiger partial charge < -0.3 is 10.4 Å². The lowest BCUT2D eigenvalue weighted by atomic mass is 10.2. The first-order chi connectivity index (χ1) is 5.67. The summed E-state index contributed by atoms with van der Waals surface area (Å²) in [5.74, 6) is 0. The Morgan fingerprint density at radius 1 is 1.75 bits per heavy atom. The first-order valence-electron chi connectivity index (χ1n) is 3.80. The second-order valence-electron chi connectivity index (χ2n) is 2.65. The lowest BCUT2D eigenvalue weighted by molar-refractivity contribution is 0.134. The van der Waals surface area contributed by atoms with Gasteiger partial charge in [-0.2, -0.15) is 0 Å². The van der Waals surface area contributed by atoms with Crippen LogP contribution in [0.1, 0.15) is 11.3 Å². The molecule has 1 rings (SSSR count). The van der Waals surface area contributed by atoms with E-state index in [1.54, 1.807) is 0 Å². The van der Waals surface area contributed by atoms with E-state index in [0.29, 0.717) is 6.42 Å². The Bertz CT molecular complexity index is 221. The average molecular weight is 203 g/mol. The molecule has 0 aromatic carbocycles. The monoisotopic (exact) mass is 203 g/mol. The third-order valence-electron chi connectivity index (χ3n) is 1.64. The molecule has 68 valence electrons. The second-order valence-corrected chi connectivity index (χ2v) is 4.33. The van der Waals surface area contributed by atoms with Gasteiger partial charge in [0.15, 0.2) is 0 Å². The Morgan fingerprint density at radius 3 is 3.00 bits per heavy atom. The maximum atomic E-state index is 9.84. The van der Waals surface area contributed by atoms with E-state index >= 15 is 0 Å². The van der Waals surface area contributed by atoms with E-state index < -0.39 is 4.93 Å². The van der Waals surface area contributed by atoms with Crippen LogP contribution >= 0.6 is 24.0 Å². The predicted octanol–water partition coefficient (Wildman–Crippen LogP) is 1.43. The molecule has 1 atom stereocenters. The van der Waals surface area contributed by atoms with Gasteiger partial charge >= 0.3 is 0 Å². The Balaban J connectivity index is 2.59. The molecule has 0 radical (unpaired) electrons. The Labute approximate surface area is 82.0 Å². The van der Waals surface area contributed by atoms with Gasteiger partial charge in [0.1, 0.15) is 4.93 Å². The van der Waals surface area contributed by atoms with Crippen molar-refractivity contribution in [1.82, 2.24) is 5.32 Å². The highest BCUT2D eigenvalue weighted by atomic mass is 32.1. The van der Waals surface area contributed by atoms with Crippen LogP contribution in [0, 0.1) is 0 Å². The molecule has 0 aliphatic heterocycles. The maximum Gasteiger partial charge on any atom is 0.143 e. The van der Waals surface area contributed by atoms with E-state index in [1.807, 2.05) is 24.6 Å².